The second-order valence-electron chi connectivity index (χ2n) is 5.48. The number of rotatable bonds is 4. The minimum absolute atomic E-state index is 0.714. The normalized spacial score (nSPS) is 20.2. The van der Waals surface area contributed by atoms with Gasteiger partial charge < -0.3 is 10.2 Å². The van der Waals surface area contributed by atoms with Gasteiger partial charge >= 0.3 is 0 Å². The molecule has 18 heavy (non-hydrogen) atoms. The molecule has 0 radical (unpaired) electrons. The molecule has 2 heteroatoms. The van der Waals surface area contributed by atoms with E-state index >= 15 is 0 Å². The van der Waals surface area contributed by atoms with Crippen LogP contribution < -0.4 is 10.2 Å². The van der Waals surface area contributed by atoms with Crippen LogP contribution in [0.2, 0.25) is 0 Å². The fourth-order valence-electron chi connectivity index (χ4n) is 3.16. The molecule has 0 amide bonds. The third kappa shape index (κ3) is 2.86. The molecular formula is C16H26N2. The minimum atomic E-state index is 0.714. The predicted molar refractivity (Wildman–Crippen MR) is 79.4 cm³/mol. The summed E-state index contributed by atoms with van der Waals surface area (Å²) in [4.78, 5) is 2.66. The van der Waals surface area contributed by atoms with Gasteiger partial charge in [-0.2, -0.15) is 0 Å². The third-order valence-electron chi connectivity index (χ3n) is 4.08. The molecule has 0 aliphatic carbocycles. The Bertz CT molecular complexity index is 366. The first kappa shape index (κ1) is 13.4. The molecule has 1 aromatic carbocycles. The van der Waals surface area contributed by atoms with Gasteiger partial charge in [0.15, 0.2) is 0 Å². The maximum Gasteiger partial charge on any atom is 0.0428 e. The monoisotopic (exact) mass is 246 g/mol. The highest BCUT2D eigenvalue weighted by Gasteiger charge is 2.24. The van der Waals surface area contributed by atoms with Gasteiger partial charge in [-0.25, -0.2) is 0 Å². The standard InChI is InChI=1S/C16H26N2/c1-13-7-6-8-14(2)16(13)18-12-5-4-9-15(18)10-11-17-3/h6-8,15,17H,4-5,9-12H2,1-3H3. The Morgan fingerprint density at radius 2 is 1.94 bits per heavy atom. The first-order valence-electron chi connectivity index (χ1n) is 7.21. The zero-order valence-electron chi connectivity index (χ0n) is 12.0. The van der Waals surface area contributed by atoms with Gasteiger partial charge in [0.25, 0.3) is 0 Å². The van der Waals surface area contributed by atoms with Crippen LogP contribution in [-0.4, -0.2) is 26.2 Å². The van der Waals surface area contributed by atoms with Gasteiger partial charge in [-0.1, -0.05) is 18.2 Å². The molecule has 0 saturated carbocycles. The van der Waals surface area contributed by atoms with Crippen LogP contribution in [0, 0.1) is 13.8 Å². The van der Waals surface area contributed by atoms with Gasteiger partial charge in [0.05, 0.1) is 0 Å². The van der Waals surface area contributed by atoms with E-state index in [9.17, 15) is 0 Å². The van der Waals surface area contributed by atoms with Crippen molar-refractivity contribution in [2.75, 3.05) is 25.0 Å². The molecule has 100 valence electrons. The van der Waals surface area contributed by atoms with Crippen molar-refractivity contribution in [3.8, 4) is 0 Å². The maximum atomic E-state index is 3.29. The Morgan fingerprint density at radius 3 is 2.61 bits per heavy atom. The SMILES string of the molecule is CNCCC1CCCCN1c1c(C)cccc1C. The lowest BCUT2D eigenvalue weighted by Crippen LogP contribution is -2.41. The van der Waals surface area contributed by atoms with Crippen molar-refractivity contribution in [1.82, 2.24) is 5.32 Å². The Labute approximate surface area is 111 Å². The number of hydrogen-bond donors (Lipinski definition) is 1. The van der Waals surface area contributed by atoms with Crippen LogP contribution >= 0.6 is 0 Å². The van der Waals surface area contributed by atoms with Gasteiger partial charge in [-0.3, -0.25) is 0 Å². The maximum absolute atomic E-state index is 3.29. The summed E-state index contributed by atoms with van der Waals surface area (Å²) in [7, 11) is 2.05. The van der Waals surface area contributed by atoms with Crippen molar-refractivity contribution in [3.63, 3.8) is 0 Å². The Hall–Kier alpha value is -1.02. The zero-order chi connectivity index (χ0) is 13.0. The van der Waals surface area contributed by atoms with Crippen molar-refractivity contribution in [2.24, 2.45) is 0 Å². The zero-order valence-corrected chi connectivity index (χ0v) is 12.0. The van der Waals surface area contributed by atoms with Crippen molar-refractivity contribution in [1.29, 1.82) is 0 Å². The van der Waals surface area contributed by atoms with E-state index < -0.39 is 0 Å². The molecule has 1 saturated heterocycles. The summed E-state index contributed by atoms with van der Waals surface area (Å²) in [5.74, 6) is 0. The number of hydrogen-bond acceptors (Lipinski definition) is 2. The quantitative estimate of drug-likeness (QED) is 0.877. The van der Waals surface area contributed by atoms with E-state index in [-0.39, 0.29) is 0 Å². The van der Waals surface area contributed by atoms with E-state index in [1.807, 2.05) is 7.05 Å². The Morgan fingerprint density at radius 1 is 1.22 bits per heavy atom. The highest BCUT2D eigenvalue weighted by Crippen LogP contribution is 2.31. The number of piperidine rings is 1. The average molecular weight is 246 g/mol. The smallest absolute Gasteiger partial charge is 0.0428 e. The van der Waals surface area contributed by atoms with Crippen LogP contribution in [0.3, 0.4) is 0 Å². The van der Waals surface area contributed by atoms with Crippen LogP contribution in [-0.2, 0) is 0 Å². The summed E-state index contributed by atoms with van der Waals surface area (Å²) in [6.45, 7) is 6.82. The van der Waals surface area contributed by atoms with Gasteiger partial charge in [-0.05, 0) is 64.3 Å². The second kappa shape index (κ2) is 6.24. The summed E-state index contributed by atoms with van der Waals surface area (Å²) < 4.78 is 0. The first-order chi connectivity index (χ1) is 8.74. The fourth-order valence-corrected chi connectivity index (χ4v) is 3.16. The van der Waals surface area contributed by atoms with E-state index in [4.69, 9.17) is 0 Å². The lowest BCUT2D eigenvalue weighted by atomic mass is 9.96. The summed E-state index contributed by atoms with van der Waals surface area (Å²) in [5, 5.41) is 3.29. The number of nitrogens with zero attached hydrogens (tertiary/aromatic N) is 1. The molecule has 1 aromatic rings. The summed E-state index contributed by atoms with van der Waals surface area (Å²) in [6, 6.07) is 7.37. The highest BCUT2D eigenvalue weighted by atomic mass is 15.2. The van der Waals surface area contributed by atoms with Gasteiger partial charge in [0.1, 0.15) is 0 Å². The Kier molecular flexibility index (Phi) is 4.65. The van der Waals surface area contributed by atoms with E-state index in [0.717, 1.165) is 6.54 Å². The van der Waals surface area contributed by atoms with E-state index in [0.29, 0.717) is 6.04 Å². The Balaban J connectivity index is 2.22. The second-order valence-corrected chi connectivity index (χ2v) is 5.48. The molecule has 1 fully saturated rings. The molecule has 1 atom stereocenters. The van der Waals surface area contributed by atoms with Crippen LogP contribution in [0.1, 0.15) is 36.8 Å². The number of para-hydroxylation sites is 1. The number of nitrogens with one attached hydrogen (secondary N) is 1. The topological polar surface area (TPSA) is 15.3 Å². The lowest BCUT2D eigenvalue weighted by molar-refractivity contribution is 0.432. The molecule has 2 nitrogen and oxygen atoms in total. The minimum Gasteiger partial charge on any atom is -0.368 e. The highest BCUT2D eigenvalue weighted by molar-refractivity contribution is 5.59. The van der Waals surface area contributed by atoms with Gasteiger partial charge in [0, 0.05) is 18.3 Å². The van der Waals surface area contributed by atoms with Crippen LogP contribution in [0.4, 0.5) is 5.69 Å². The molecule has 1 N–H and O–H groups in total. The number of anilines is 1. The molecule has 1 heterocycles. The average Bonchev–Trinajstić information content (AvgIpc) is 2.37. The molecule has 1 aliphatic rings. The number of aryl methyl sites for hydroxylation is 2. The molecule has 0 spiro atoms. The van der Waals surface area contributed by atoms with Gasteiger partial charge in [-0.15, -0.1) is 0 Å². The van der Waals surface area contributed by atoms with E-state index in [1.54, 1.807) is 0 Å². The summed E-state index contributed by atoms with van der Waals surface area (Å²) >= 11 is 0. The molecule has 1 unspecified atom stereocenters. The van der Waals surface area contributed by atoms with Crippen molar-refractivity contribution >= 4 is 5.69 Å². The molecule has 1 aliphatic heterocycles. The van der Waals surface area contributed by atoms with Crippen LogP contribution in [0.25, 0.3) is 0 Å². The van der Waals surface area contributed by atoms with Crippen molar-refractivity contribution < 1.29 is 0 Å². The molecule has 0 bridgehead atoms. The summed E-state index contributed by atoms with van der Waals surface area (Å²) in [6.07, 6.45) is 5.32. The first-order valence-corrected chi connectivity index (χ1v) is 7.21. The fraction of sp³-hybridized carbons (Fsp3) is 0.625. The summed E-state index contributed by atoms with van der Waals surface area (Å²) in [5.41, 5.74) is 4.33. The molecular weight excluding hydrogens is 220 g/mol. The van der Waals surface area contributed by atoms with Crippen LogP contribution in [0.15, 0.2) is 18.2 Å². The molecule has 0 aromatic heterocycles. The largest absolute Gasteiger partial charge is 0.368 e. The van der Waals surface area contributed by atoms with E-state index in [1.165, 1.54) is 49.0 Å². The van der Waals surface area contributed by atoms with Crippen molar-refractivity contribution in [2.45, 2.75) is 45.6 Å². The predicted octanol–water partition coefficient (Wildman–Crippen LogP) is 3.27. The van der Waals surface area contributed by atoms with E-state index in [2.05, 4.69) is 42.3 Å². The lowest BCUT2D eigenvalue weighted by Gasteiger charge is -2.39. The number of benzene rings is 1. The van der Waals surface area contributed by atoms with Gasteiger partial charge in [0.2, 0.25) is 0 Å². The van der Waals surface area contributed by atoms with Crippen LogP contribution in [0.5, 0.6) is 0 Å². The third-order valence-corrected chi connectivity index (χ3v) is 4.08. The van der Waals surface area contributed by atoms with Crippen molar-refractivity contribution in [3.05, 3.63) is 29.3 Å². The molecule has 2 rings (SSSR count).